The maximum absolute atomic E-state index is 13.0. The van der Waals surface area contributed by atoms with E-state index >= 15 is 0 Å². The lowest BCUT2D eigenvalue weighted by Gasteiger charge is -2.19. The van der Waals surface area contributed by atoms with Crippen molar-refractivity contribution in [1.82, 2.24) is 4.98 Å². The fourth-order valence-electron chi connectivity index (χ4n) is 2.38. The Balaban J connectivity index is 1.96. The minimum Gasteiger partial charge on any atom is -0.394 e. The number of pyridine rings is 1. The fraction of sp³-hybridized carbons (Fsp3) is 0.118. The lowest BCUT2D eigenvalue weighted by Crippen LogP contribution is -2.15. The summed E-state index contributed by atoms with van der Waals surface area (Å²) in [5.41, 5.74) is 2.52. The van der Waals surface area contributed by atoms with Gasteiger partial charge in [0.1, 0.15) is 5.82 Å². The van der Waals surface area contributed by atoms with E-state index in [1.807, 2.05) is 30.3 Å². The highest BCUT2D eigenvalue weighted by molar-refractivity contribution is 5.82. The normalized spacial score (nSPS) is 12.3. The Bertz CT molecular complexity index is 738. The molecule has 0 aliphatic carbocycles. The molecule has 0 fully saturated rings. The number of fused-ring (bicyclic) bond motifs is 1. The van der Waals surface area contributed by atoms with Crippen LogP contribution in [0.4, 0.5) is 10.1 Å². The predicted octanol–water partition coefficient (Wildman–Crippen LogP) is 3.52. The summed E-state index contributed by atoms with van der Waals surface area (Å²) in [5.74, 6) is -0.284. The van der Waals surface area contributed by atoms with Gasteiger partial charge in [-0.3, -0.25) is 4.98 Å². The lowest BCUT2D eigenvalue weighted by atomic mass is 10.0. The fourth-order valence-corrected chi connectivity index (χ4v) is 2.38. The average Bonchev–Trinajstić information content (AvgIpc) is 2.54. The van der Waals surface area contributed by atoms with Gasteiger partial charge in [-0.2, -0.15) is 0 Å². The van der Waals surface area contributed by atoms with Crippen molar-refractivity contribution in [3.8, 4) is 0 Å². The smallest absolute Gasteiger partial charge is 0.123 e. The molecule has 21 heavy (non-hydrogen) atoms. The Morgan fingerprint density at radius 1 is 1.05 bits per heavy atom. The Kier molecular flexibility index (Phi) is 3.79. The Morgan fingerprint density at radius 2 is 1.81 bits per heavy atom. The number of nitrogens with one attached hydrogen (secondary N) is 1. The molecule has 0 aliphatic rings. The molecule has 3 nitrogen and oxygen atoms in total. The third-order valence-electron chi connectivity index (χ3n) is 3.41. The number of rotatable bonds is 4. The molecule has 106 valence electrons. The van der Waals surface area contributed by atoms with Crippen molar-refractivity contribution in [3.05, 3.63) is 72.2 Å². The van der Waals surface area contributed by atoms with E-state index in [9.17, 15) is 9.50 Å². The lowest BCUT2D eigenvalue weighted by molar-refractivity contribution is 0.277. The van der Waals surface area contributed by atoms with E-state index in [2.05, 4.69) is 10.3 Å². The third kappa shape index (κ3) is 2.85. The summed E-state index contributed by atoms with van der Waals surface area (Å²) < 4.78 is 13.0. The molecule has 3 aromatic rings. The number of aliphatic hydroxyl groups is 1. The number of hydrogen-bond acceptors (Lipinski definition) is 3. The second-order valence-electron chi connectivity index (χ2n) is 4.81. The molecule has 1 atom stereocenters. The van der Waals surface area contributed by atoms with Crippen molar-refractivity contribution in [2.24, 2.45) is 0 Å². The van der Waals surface area contributed by atoms with E-state index < -0.39 is 0 Å². The van der Waals surface area contributed by atoms with Crippen LogP contribution in [-0.4, -0.2) is 16.7 Å². The van der Waals surface area contributed by atoms with Crippen LogP contribution in [0.1, 0.15) is 11.6 Å². The number of halogens is 1. The standard InChI is InChI=1S/C17H15FN2O/c18-13-6-8-14(9-7-13)20-16(11-21)15-5-1-3-12-4-2-10-19-17(12)15/h1-10,16,20-21H,11H2. The van der Waals surface area contributed by atoms with Gasteiger partial charge in [-0.25, -0.2) is 4.39 Å². The van der Waals surface area contributed by atoms with Gasteiger partial charge >= 0.3 is 0 Å². The molecular formula is C17H15FN2O. The second kappa shape index (κ2) is 5.89. The van der Waals surface area contributed by atoms with Crippen molar-refractivity contribution < 1.29 is 9.50 Å². The molecule has 1 unspecified atom stereocenters. The third-order valence-corrected chi connectivity index (χ3v) is 3.41. The molecule has 3 rings (SSSR count). The summed E-state index contributed by atoms with van der Waals surface area (Å²) in [6, 6.07) is 15.5. The summed E-state index contributed by atoms with van der Waals surface area (Å²) >= 11 is 0. The van der Waals surface area contributed by atoms with E-state index in [1.54, 1.807) is 18.3 Å². The van der Waals surface area contributed by atoms with Gasteiger partial charge in [-0.05, 0) is 30.3 Å². The highest BCUT2D eigenvalue weighted by Gasteiger charge is 2.14. The van der Waals surface area contributed by atoms with E-state index in [0.717, 1.165) is 22.2 Å². The maximum atomic E-state index is 13.0. The first-order valence-corrected chi connectivity index (χ1v) is 6.74. The first kappa shape index (κ1) is 13.5. The largest absolute Gasteiger partial charge is 0.394 e. The van der Waals surface area contributed by atoms with Crippen LogP contribution in [0.2, 0.25) is 0 Å². The molecule has 4 heteroatoms. The van der Waals surface area contributed by atoms with E-state index in [-0.39, 0.29) is 18.5 Å². The molecule has 0 spiro atoms. The summed E-state index contributed by atoms with van der Waals surface area (Å²) in [7, 11) is 0. The zero-order valence-electron chi connectivity index (χ0n) is 11.3. The number of aliphatic hydroxyl groups excluding tert-OH is 1. The van der Waals surface area contributed by atoms with Crippen LogP contribution in [0.25, 0.3) is 10.9 Å². The van der Waals surface area contributed by atoms with Gasteiger partial charge in [0.25, 0.3) is 0 Å². The van der Waals surface area contributed by atoms with E-state index in [0.29, 0.717) is 0 Å². The molecule has 0 amide bonds. The van der Waals surface area contributed by atoms with Crippen molar-refractivity contribution >= 4 is 16.6 Å². The van der Waals surface area contributed by atoms with Gasteiger partial charge in [0.2, 0.25) is 0 Å². The van der Waals surface area contributed by atoms with Gasteiger partial charge in [0, 0.05) is 22.8 Å². The second-order valence-corrected chi connectivity index (χ2v) is 4.81. The Labute approximate surface area is 122 Å². The average molecular weight is 282 g/mol. The van der Waals surface area contributed by atoms with Crippen LogP contribution in [0.3, 0.4) is 0 Å². The summed E-state index contributed by atoms with van der Waals surface area (Å²) in [6.45, 7) is -0.0763. The van der Waals surface area contributed by atoms with Crippen LogP contribution in [0.5, 0.6) is 0 Å². The molecular weight excluding hydrogens is 267 g/mol. The van der Waals surface area contributed by atoms with Crippen LogP contribution in [0, 0.1) is 5.82 Å². The number of para-hydroxylation sites is 1. The summed E-state index contributed by atoms with van der Waals surface area (Å²) in [6.07, 6.45) is 1.73. The zero-order valence-corrected chi connectivity index (χ0v) is 11.3. The number of benzene rings is 2. The molecule has 0 saturated heterocycles. The molecule has 0 radical (unpaired) electrons. The highest BCUT2D eigenvalue weighted by atomic mass is 19.1. The molecule has 1 aromatic heterocycles. The zero-order chi connectivity index (χ0) is 14.7. The number of nitrogens with zero attached hydrogens (tertiary/aromatic N) is 1. The number of anilines is 1. The monoisotopic (exact) mass is 282 g/mol. The first-order valence-electron chi connectivity index (χ1n) is 6.74. The van der Waals surface area contributed by atoms with Gasteiger partial charge in [0.15, 0.2) is 0 Å². The molecule has 2 aromatic carbocycles. The SMILES string of the molecule is OCC(Nc1ccc(F)cc1)c1cccc2cccnc12. The Hall–Kier alpha value is -2.46. The Morgan fingerprint density at radius 3 is 2.57 bits per heavy atom. The van der Waals surface area contributed by atoms with Crippen LogP contribution in [0.15, 0.2) is 60.8 Å². The van der Waals surface area contributed by atoms with E-state index in [4.69, 9.17) is 0 Å². The van der Waals surface area contributed by atoms with Gasteiger partial charge in [-0.15, -0.1) is 0 Å². The molecule has 2 N–H and O–H groups in total. The van der Waals surface area contributed by atoms with Crippen molar-refractivity contribution in [2.75, 3.05) is 11.9 Å². The topological polar surface area (TPSA) is 45.1 Å². The van der Waals surface area contributed by atoms with Crippen LogP contribution < -0.4 is 5.32 Å². The van der Waals surface area contributed by atoms with E-state index in [1.165, 1.54) is 12.1 Å². The summed E-state index contributed by atoms with van der Waals surface area (Å²) in [4.78, 5) is 4.39. The maximum Gasteiger partial charge on any atom is 0.123 e. The number of aromatic nitrogens is 1. The quantitative estimate of drug-likeness (QED) is 0.769. The molecule has 0 aliphatic heterocycles. The van der Waals surface area contributed by atoms with Crippen LogP contribution in [-0.2, 0) is 0 Å². The molecule has 0 saturated carbocycles. The minimum atomic E-state index is -0.297. The van der Waals surface area contributed by atoms with Crippen molar-refractivity contribution in [3.63, 3.8) is 0 Å². The van der Waals surface area contributed by atoms with Gasteiger partial charge in [-0.1, -0.05) is 24.3 Å². The number of hydrogen-bond donors (Lipinski definition) is 2. The van der Waals surface area contributed by atoms with Gasteiger partial charge < -0.3 is 10.4 Å². The predicted molar refractivity (Wildman–Crippen MR) is 81.6 cm³/mol. The van der Waals surface area contributed by atoms with Crippen molar-refractivity contribution in [1.29, 1.82) is 0 Å². The first-order chi connectivity index (χ1) is 10.3. The van der Waals surface area contributed by atoms with Gasteiger partial charge in [0.05, 0.1) is 18.2 Å². The molecule has 0 bridgehead atoms. The highest BCUT2D eigenvalue weighted by Crippen LogP contribution is 2.25. The molecule has 1 heterocycles. The minimum absolute atomic E-state index is 0.0763. The summed E-state index contributed by atoms with van der Waals surface area (Å²) in [5, 5.41) is 13.9. The van der Waals surface area contributed by atoms with Crippen LogP contribution >= 0.6 is 0 Å². The van der Waals surface area contributed by atoms with Crippen molar-refractivity contribution in [2.45, 2.75) is 6.04 Å².